The maximum absolute atomic E-state index is 12.0. The SMILES string of the molecule is C=Cc1ccc(CCNC(=O)CC2(C(=O)[O-])CCCC2)cc1.[Na+]. The third-order valence-electron chi connectivity index (χ3n) is 4.44. The number of aliphatic carboxylic acids is 1. The Labute approximate surface area is 159 Å². The van der Waals surface area contributed by atoms with Crippen molar-refractivity contribution >= 4 is 18.0 Å². The smallest absolute Gasteiger partial charge is 0.550 e. The predicted molar refractivity (Wildman–Crippen MR) is 83.8 cm³/mol. The first-order chi connectivity index (χ1) is 10.6. The summed E-state index contributed by atoms with van der Waals surface area (Å²) in [6, 6.07) is 7.97. The van der Waals surface area contributed by atoms with E-state index in [1.807, 2.05) is 24.3 Å². The van der Waals surface area contributed by atoms with Gasteiger partial charge < -0.3 is 15.2 Å². The van der Waals surface area contributed by atoms with Crippen LogP contribution in [0.4, 0.5) is 0 Å². The third kappa shape index (κ3) is 5.48. The summed E-state index contributed by atoms with van der Waals surface area (Å²) >= 11 is 0. The second-order valence-electron chi connectivity index (χ2n) is 6.00. The molecule has 0 bridgehead atoms. The average Bonchev–Trinajstić information content (AvgIpc) is 2.98. The van der Waals surface area contributed by atoms with Crippen LogP contribution in [0, 0.1) is 5.41 Å². The molecule has 0 unspecified atom stereocenters. The van der Waals surface area contributed by atoms with E-state index in [1.54, 1.807) is 6.08 Å². The molecule has 1 amide bonds. The largest absolute Gasteiger partial charge is 1.00 e. The van der Waals surface area contributed by atoms with E-state index in [1.165, 1.54) is 0 Å². The molecule has 0 radical (unpaired) electrons. The first kappa shape index (κ1) is 19.9. The number of carboxylic acids is 1. The number of carbonyl (C=O) groups is 2. The molecule has 118 valence electrons. The number of carbonyl (C=O) groups excluding carboxylic acids is 2. The molecule has 1 saturated carbocycles. The summed E-state index contributed by atoms with van der Waals surface area (Å²) in [4.78, 5) is 23.3. The number of amides is 1. The Bertz CT molecular complexity index is 548. The summed E-state index contributed by atoms with van der Waals surface area (Å²) in [6.07, 6.45) is 5.35. The summed E-state index contributed by atoms with van der Waals surface area (Å²) in [5.41, 5.74) is 1.24. The molecule has 1 N–H and O–H groups in total. The molecule has 0 saturated heterocycles. The third-order valence-corrected chi connectivity index (χ3v) is 4.44. The van der Waals surface area contributed by atoms with Crippen molar-refractivity contribution in [1.82, 2.24) is 5.32 Å². The predicted octanol–water partition coefficient (Wildman–Crippen LogP) is -1.31. The molecule has 5 heteroatoms. The number of carboxylic acid groups (broad SMARTS) is 1. The Kier molecular flexibility index (Phi) is 8.03. The normalized spacial score (nSPS) is 15.5. The molecule has 1 aromatic rings. The van der Waals surface area contributed by atoms with Crippen LogP contribution in [-0.4, -0.2) is 18.4 Å². The minimum Gasteiger partial charge on any atom is -0.550 e. The van der Waals surface area contributed by atoms with Gasteiger partial charge in [-0.1, -0.05) is 49.8 Å². The van der Waals surface area contributed by atoms with Crippen LogP contribution in [0.15, 0.2) is 30.8 Å². The molecular weight excluding hydrogens is 301 g/mol. The van der Waals surface area contributed by atoms with Gasteiger partial charge in [0.25, 0.3) is 0 Å². The van der Waals surface area contributed by atoms with E-state index in [2.05, 4.69) is 11.9 Å². The summed E-state index contributed by atoms with van der Waals surface area (Å²) < 4.78 is 0. The van der Waals surface area contributed by atoms with Gasteiger partial charge in [-0.05, 0) is 30.4 Å². The van der Waals surface area contributed by atoms with Crippen LogP contribution < -0.4 is 40.0 Å². The van der Waals surface area contributed by atoms with E-state index in [0.717, 1.165) is 30.4 Å². The van der Waals surface area contributed by atoms with E-state index >= 15 is 0 Å². The second kappa shape index (κ2) is 9.26. The van der Waals surface area contributed by atoms with Crippen LogP contribution in [0.25, 0.3) is 6.08 Å². The summed E-state index contributed by atoms with van der Waals surface area (Å²) in [5, 5.41) is 14.1. The topological polar surface area (TPSA) is 69.2 Å². The van der Waals surface area contributed by atoms with Gasteiger partial charge in [-0.2, -0.15) is 0 Å². The van der Waals surface area contributed by atoms with E-state index in [9.17, 15) is 14.7 Å². The molecule has 1 aliphatic rings. The minimum atomic E-state index is -1.08. The summed E-state index contributed by atoms with van der Waals surface area (Å²) in [6.45, 7) is 4.21. The Morgan fingerprint density at radius 1 is 1.22 bits per heavy atom. The van der Waals surface area contributed by atoms with Gasteiger partial charge in [0.2, 0.25) is 5.91 Å². The van der Waals surface area contributed by atoms with Gasteiger partial charge in [-0.25, -0.2) is 0 Å². The standard InChI is InChI=1S/C18H23NO3.Na/c1-2-14-5-7-15(8-6-14)9-12-19-16(20)13-18(17(21)22)10-3-4-11-18;/h2,5-8H,1,3-4,9-13H2,(H,19,20)(H,21,22);/q;+1/p-1. The van der Waals surface area contributed by atoms with E-state index in [4.69, 9.17) is 0 Å². The van der Waals surface area contributed by atoms with Crippen molar-refractivity contribution in [3.8, 4) is 0 Å². The van der Waals surface area contributed by atoms with Gasteiger partial charge in [0.05, 0.1) is 0 Å². The molecule has 0 atom stereocenters. The second-order valence-corrected chi connectivity index (χ2v) is 6.00. The molecule has 1 aliphatic carbocycles. The molecule has 23 heavy (non-hydrogen) atoms. The van der Waals surface area contributed by atoms with Crippen molar-refractivity contribution in [2.45, 2.75) is 38.5 Å². The van der Waals surface area contributed by atoms with Gasteiger partial charge in [-0.15, -0.1) is 0 Å². The molecular formula is C18H22NNaO3. The number of benzene rings is 1. The van der Waals surface area contributed by atoms with Crippen LogP contribution in [0.2, 0.25) is 0 Å². The zero-order valence-corrected chi connectivity index (χ0v) is 15.8. The van der Waals surface area contributed by atoms with Crippen LogP contribution >= 0.6 is 0 Å². The Morgan fingerprint density at radius 3 is 2.35 bits per heavy atom. The molecule has 2 rings (SSSR count). The number of rotatable bonds is 7. The van der Waals surface area contributed by atoms with Crippen LogP contribution in [-0.2, 0) is 16.0 Å². The van der Waals surface area contributed by atoms with E-state index in [-0.39, 0.29) is 41.9 Å². The monoisotopic (exact) mass is 323 g/mol. The van der Waals surface area contributed by atoms with Gasteiger partial charge in [0.1, 0.15) is 0 Å². The van der Waals surface area contributed by atoms with Crippen LogP contribution in [0.3, 0.4) is 0 Å². The molecule has 0 aromatic heterocycles. The zero-order chi connectivity index (χ0) is 16.0. The first-order valence-electron chi connectivity index (χ1n) is 7.75. The number of nitrogens with one attached hydrogen (secondary N) is 1. The zero-order valence-electron chi connectivity index (χ0n) is 13.8. The van der Waals surface area contributed by atoms with Crippen molar-refractivity contribution in [1.29, 1.82) is 0 Å². The van der Waals surface area contributed by atoms with Crippen LogP contribution in [0.1, 0.15) is 43.2 Å². The van der Waals surface area contributed by atoms with Crippen molar-refractivity contribution in [3.63, 3.8) is 0 Å². The quantitative estimate of drug-likeness (QED) is 0.634. The molecule has 0 aliphatic heterocycles. The maximum Gasteiger partial charge on any atom is 1.00 e. The van der Waals surface area contributed by atoms with E-state index < -0.39 is 11.4 Å². The molecule has 4 nitrogen and oxygen atoms in total. The Hall–Kier alpha value is -1.10. The van der Waals surface area contributed by atoms with Gasteiger partial charge in [0, 0.05) is 24.3 Å². The van der Waals surface area contributed by atoms with Gasteiger partial charge in [-0.3, -0.25) is 4.79 Å². The molecule has 0 heterocycles. The van der Waals surface area contributed by atoms with Crippen molar-refractivity contribution in [2.24, 2.45) is 5.41 Å². The molecule has 1 aromatic carbocycles. The van der Waals surface area contributed by atoms with Crippen molar-refractivity contribution < 1.29 is 44.3 Å². The van der Waals surface area contributed by atoms with Crippen molar-refractivity contribution in [3.05, 3.63) is 42.0 Å². The molecule has 0 spiro atoms. The fourth-order valence-corrected chi connectivity index (χ4v) is 3.04. The number of hydrogen-bond acceptors (Lipinski definition) is 3. The van der Waals surface area contributed by atoms with Gasteiger partial charge in [0.15, 0.2) is 0 Å². The Balaban J connectivity index is 0.00000264. The fourth-order valence-electron chi connectivity index (χ4n) is 3.04. The Morgan fingerprint density at radius 2 is 1.83 bits per heavy atom. The number of hydrogen-bond donors (Lipinski definition) is 1. The molecule has 1 fully saturated rings. The minimum absolute atomic E-state index is 0. The fraction of sp³-hybridized carbons (Fsp3) is 0.444. The first-order valence-corrected chi connectivity index (χ1v) is 7.75. The maximum atomic E-state index is 12.0. The van der Waals surface area contributed by atoms with E-state index in [0.29, 0.717) is 19.4 Å². The summed E-state index contributed by atoms with van der Waals surface area (Å²) in [7, 11) is 0. The summed E-state index contributed by atoms with van der Waals surface area (Å²) in [5.74, 6) is -1.28. The van der Waals surface area contributed by atoms with Crippen molar-refractivity contribution in [2.75, 3.05) is 6.54 Å². The average molecular weight is 323 g/mol. The van der Waals surface area contributed by atoms with Gasteiger partial charge >= 0.3 is 29.6 Å². The van der Waals surface area contributed by atoms with Crippen LogP contribution in [0.5, 0.6) is 0 Å².